The van der Waals surface area contributed by atoms with Gasteiger partial charge in [-0.15, -0.1) is 0 Å². The standard InChI is InChI=1S/C19H18F3NO2/c20-19(21,22)14-3-1-2-13(10-14)16-8-9-17(25-16)18(24)23(15-6-7-15)11-12-4-5-12/h1-3,8-10,12,15H,4-7,11H2. The zero-order valence-corrected chi connectivity index (χ0v) is 13.6. The second-order valence-corrected chi connectivity index (χ2v) is 6.87. The van der Waals surface area contributed by atoms with Crippen LogP contribution in [0.15, 0.2) is 40.8 Å². The van der Waals surface area contributed by atoms with Crippen molar-refractivity contribution in [1.29, 1.82) is 0 Å². The average molecular weight is 349 g/mol. The van der Waals surface area contributed by atoms with Gasteiger partial charge >= 0.3 is 6.18 Å². The molecule has 2 fully saturated rings. The lowest BCUT2D eigenvalue weighted by molar-refractivity contribution is -0.137. The Hall–Kier alpha value is -2.24. The van der Waals surface area contributed by atoms with E-state index in [0.29, 0.717) is 11.5 Å². The molecule has 1 aromatic carbocycles. The van der Waals surface area contributed by atoms with E-state index in [1.165, 1.54) is 6.07 Å². The smallest absolute Gasteiger partial charge is 0.416 e. The molecule has 2 aliphatic carbocycles. The first kappa shape index (κ1) is 16.2. The molecule has 0 N–H and O–H groups in total. The molecule has 4 rings (SSSR count). The Morgan fingerprint density at radius 3 is 2.52 bits per heavy atom. The zero-order chi connectivity index (χ0) is 17.6. The predicted octanol–water partition coefficient (Wildman–Crippen LogP) is 4.98. The topological polar surface area (TPSA) is 33.5 Å². The molecule has 2 saturated carbocycles. The number of furan rings is 1. The summed E-state index contributed by atoms with van der Waals surface area (Å²) in [5.41, 5.74) is -0.420. The maximum absolute atomic E-state index is 12.9. The summed E-state index contributed by atoms with van der Waals surface area (Å²) in [5.74, 6) is 0.895. The molecule has 132 valence electrons. The van der Waals surface area contributed by atoms with Crippen LogP contribution in [-0.4, -0.2) is 23.4 Å². The van der Waals surface area contributed by atoms with Crippen LogP contribution in [0.1, 0.15) is 41.8 Å². The average Bonchev–Trinajstić information content (AvgIpc) is 3.50. The van der Waals surface area contributed by atoms with Crippen molar-refractivity contribution >= 4 is 5.91 Å². The van der Waals surface area contributed by atoms with Crippen molar-refractivity contribution in [3.05, 3.63) is 47.7 Å². The Bertz CT molecular complexity index is 788. The van der Waals surface area contributed by atoms with Gasteiger partial charge in [0.15, 0.2) is 5.76 Å². The minimum absolute atomic E-state index is 0.160. The maximum Gasteiger partial charge on any atom is 0.416 e. The molecule has 1 aromatic heterocycles. The van der Waals surface area contributed by atoms with Gasteiger partial charge in [-0.3, -0.25) is 4.79 Å². The number of hydrogen-bond acceptors (Lipinski definition) is 2. The van der Waals surface area contributed by atoms with Gasteiger partial charge in [0.05, 0.1) is 5.56 Å². The van der Waals surface area contributed by atoms with E-state index in [1.807, 2.05) is 4.90 Å². The molecule has 1 heterocycles. The first-order valence-electron chi connectivity index (χ1n) is 8.50. The van der Waals surface area contributed by atoms with Crippen molar-refractivity contribution in [2.24, 2.45) is 5.92 Å². The van der Waals surface area contributed by atoms with E-state index < -0.39 is 11.7 Å². The maximum atomic E-state index is 12.9. The fourth-order valence-electron chi connectivity index (χ4n) is 2.96. The highest BCUT2D eigenvalue weighted by Crippen LogP contribution is 2.36. The summed E-state index contributed by atoms with van der Waals surface area (Å²) in [5, 5.41) is 0. The minimum Gasteiger partial charge on any atom is -0.451 e. The highest BCUT2D eigenvalue weighted by Gasteiger charge is 2.38. The van der Waals surface area contributed by atoms with E-state index in [1.54, 1.807) is 18.2 Å². The monoisotopic (exact) mass is 349 g/mol. The minimum atomic E-state index is -4.41. The Labute approximate surface area is 143 Å². The third kappa shape index (κ3) is 3.57. The van der Waals surface area contributed by atoms with Crippen molar-refractivity contribution in [3.63, 3.8) is 0 Å². The van der Waals surface area contributed by atoms with Crippen molar-refractivity contribution in [2.75, 3.05) is 6.54 Å². The summed E-state index contributed by atoms with van der Waals surface area (Å²) < 4.78 is 44.2. The quantitative estimate of drug-likeness (QED) is 0.763. The molecule has 6 heteroatoms. The van der Waals surface area contributed by atoms with Crippen LogP contribution < -0.4 is 0 Å². The first-order chi connectivity index (χ1) is 11.9. The number of hydrogen-bond donors (Lipinski definition) is 0. The lowest BCUT2D eigenvalue weighted by atomic mass is 10.1. The largest absolute Gasteiger partial charge is 0.451 e. The van der Waals surface area contributed by atoms with E-state index >= 15 is 0 Å². The van der Waals surface area contributed by atoms with Gasteiger partial charge in [0.25, 0.3) is 5.91 Å². The summed E-state index contributed by atoms with van der Waals surface area (Å²) in [4.78, 5) is 14.6. The Morgan fingerprint density at radius 2 is 1.88 bits per heavy atom. The van der Waals surface area contributed by atoms with Crippen molar-refractivity contribution < 1.29 is 22.4 Å². The summed E-state index contributed by atoms with van der Waals surface area (Å²) in [6.45, 7) is 0.753. The molecule has 2 aromatic rings. The number of rotatable bonds is 5. The van der Waals surface area contributed by atoms with Gasteiger partial charge in [0.1, 0.15) is 5.76 Å². The number of carbonyl (C=O) groups excluding carboxylic acids is 1. The summed E-state index contributed by atoms with van der Waals surface area (Å²) in [6, 6.07) is 8.34. The number of amides is 1. The second kappa shape index (κ2) is 5.93. The Balaban J connectivity index is 1.56. The van der Waals surface area contributed by atoms with Gasteiger partial charge in [-0.25, -0.2) is 0 Å². The third-order valence-electron chi connectivity index (χ3n) is 4.69. The first-order valence-corrected chi connectivity index (χ1v) is 8.50. The molecule has 0 spiro atoms. The summed E-state index contributed by atoms with van der Waals surface area (Å²) >= 11 is 0. The molecule has 1 amide bonds. The predicted molar refractivity (Wildman–Crippen MR) is 85.9 cm³/mol. The number of nitrogens with zero attached hydrogens (tertiary/aromatic N) is 1. The lowest BCUT2D eigenvalue weighted by Gasteiger charge is -2.20. The highest BCUT2D eigenvalue weighted by molar-refractivity contribution is 5.92. The van der Waals surface area contributed by atoms with Gasteiger partial charge in [-0.1, -0.05) is 12.1 Å². The van der Waals surface area contributed by atoms with Crippen LogP contribution in [-0.2, 0) is 6.18 Å². The molecule has 3 nitrogen and oxygen atoms in total. The number of benzene rings is 1. The van der Waals surface area contributed by atoms with Crippen LogP contribution in [0.2, 0.25) is 0 Å². The van der Waals surface area contributed by atoms with E-state index in [0.717, 1.165) is 44.4 Å². The summed E-state index contributed by atoms with van der Waals surface area (Å²) in [7, 11) is 0. The van der Waals surface area contributed by atoms with Crippen molar-refractivity contribution in [3.8, 4) is 11.3 Å². The molecule has 0 unspecified atom stereocenters. The fraction of sp³-hybridized carbons (Fsp3) is 0.421. The van der Waals surface area contributed by atoms with Crippen molar-refractivity contribution in [1.82, 2.24) is 4.90 Å². The van der Waals surface area contributed by atoms with Crippen molar-refractivity contribution in [2.45, 2.75) is 37.9 Å². The van der Waals surface area contributed by atoms with E-state index in [9.17, 15) is 18.0 Å². The van der Waals surface area contributed by atoms with E-state index in [4.69, 9.17) is 4.42 Å². The van der Waals surface area contributed by atoms with Crippen LogP contribution in [0.5, 0.6) is 0 Å². The SMILES string of the molecule is O=C(c1ccc(-c2cccc(C(F)(F)F)c2)o1)N(CC1CC1)C1CC1. The number of alkyl halides is 3. The second-order valence-electron chi connectivity index (χ2n) is 6.87. The summed E-state index contributed by atoms with van der Waals surface area (Å²) in [6.07, 6.45) is -0.0676. The molecule has 0 atom stereocenters. The molecule has 2 aliphatic rings. The van der Waals surface area contributed by atoms with E-state index in [2.05, 4.69) is 0 Å². The normalized spacial score (nSPS) is 17.6. The Morgan fingerprint density at radius 1 is 1.12 bits per heavy atom. The molecule has 0 radical (unpaired) electrons. The number of halogens is 3. The van der Waals surface area contributed by atoms with Crippen LogP contribution in [0, 0.1) is 5.92 Å². The lowest BCUT2D eigenvalue weighted by Crippen LogP contribution is -2.34. The molecule has 25 heavy (non-hydrogen) atoms. The van der Waals surface area contributed by atoms with E-state index in [-0.39, 0.29) is 23.5 Å². The fourth-order valence-corrected chi connectivity index (χ4v) is 2.96. The molecular formula is C19H18F3NO2. The van der Waals surface area contributed by atoms with Gasteiger partial charge in [-0.2, -0.15) is 13.2 Å². The molecule has 0 bridgehead atoms. The molecular weight excluding hydrogens is 331 g/mol. The zero-order valence-electron chi connectivity index (χ0n) is 13.6. The van der Waals surface area contributed by atoms with Gasteiger partial charge in [0, 0.05) is 18.2 Å². The Kier molecular flexibility index (Phi) is 3.85. The van der Waals surface area contributed by atoms with Gasteiger partial charge < -0.3 is 9.32 Å². The highest BCUT2D eigenvalue weighted by atomic mass is 19.4. The van der Waals surface area contributed by atoms with Gasteiger partial charge in [0.2, 0.25) is 0 Å². The van der Waals surface area contributed by atoms with Gasteiger partial charge in [-0.05, 0) is 55.9 Å². The van der Waals surface area contributed by atoms with Crippen LogP contribution >= 0.6 is 0 Å². The molecule has 0 aliphatic heterocycles. The number of carbonyl (C=O) groups is 1. The van der Waals surface area contributed by atoms with Crippen LogP contribution in [0.3, 0.4) is 0 Å². The third-order valence-corrected chi connectivity index (χ3v) is 4.69. The van der Waals surface area contributed by atoms with Crippen LogP contribution in [0.4, 0.5) is 13.2 Å². The molecule has 0 saturated heterocycles. The van der Waals surface area contributed by atoms with Crippen LogP contribution in [0.25, 0.3) is 11.3 Å².